The maximum absolute atomic E-state index is 12.9. The summed E-state index contributed by atoms with van der Waals surface area (Å²) in [6.07, 6.45) is 3.50. The molecule has 0 saturated heterocycles. The van der Waals surface area contributed by atoms with Gasteiger partial charge in [-0.05, 0) is 18.6 Å². The molecule has 2 amide bonds. The molecular formula is C24H29N5O8. The maximum atomic E-state index is 12.9. The molecular weight excluding hydrogens is 486 g/mol. The van der Waals surface area contributed by atoms with Crippen LogP contribution in [-0.2, 0) is 30.3 Å². The number of aldehydes is 3. The second-order valence-corrected chi connectivity index (χ2v) is 7.94. The Morgan fingerprint density at radius 1 is 0.946 bits per heavy atom. The van der Waals surface area contributed by atoms with Crippen molar-refractivity contribution in [3.63, 3.8) is 0 Å². The summed E-state index contributed by atoms with van der Waals surface area (Å²) >= 11 is 0. The van der Waals surface area contributed by atoms with Gasteiger partial charge in [0.05, 0.1) is 69.6 Å². The zero-order valence-electron chi connectivity index (χ0n) is 20.2. The van der Waals surface area contributed by atoms with Crippen LogP contribution in [-0.4, -0.2) is 103 Å². The van der Waals surface area contributed by atoms with Crippen LogP contribution in [0.2, 0.25) is 0 Å². The highest BCUT2D eigenvalue weighted by Crippen LogP contribution is 2.31. The summed E-state index contributed by atoms with van der Waals surface area (Å²) in [6.45, 7) is 3.17. The first-order valence-electron chi connectivity index (χ1n) is 11.8. The van der Waals surface area contributed by atoms with Gasteiger partial charge in [0, 0.05) is 18.7 Å². The number of rotatable bonds is 19. The number of anilines is 1. The van der Waals surface area contributed by atoms with E-state index in [0.29, 0.717) is 77.3 Å². The predicted molar refractivity (Wildman–Crippen MR) is 128 cm³/mol. The first kappa shape index (κ1) is 27.8. The lowest BCUT2D eigenvalue weighted by Crippen LogP contribution is -2.41. The van der Waals surface area contributed by atoms with Crippen LogP contribution in [0.4, 0.5) is 5.69 Å². The van der Waals surface area contributed by atoms with Crippen molar-refractivity contribution in [2.75, 3.05) is 51.5 Å². The number of nitrogens with one attached hydrogen (secondary N) is 1. The van der Waals surface area contributed by atoms with Crippen LogP contribution in [0.25, 0.3) is 0 Å². The summed E-state index contributed by atoms with van der Waals surface area (Å²) in [4.78, 5) is 59.2. The molecule has 1 aromatic carbocycles. The normalized spacial score (nSPS) is 13.5. The van der Waals surface area contributed by atoms with E-state index in [1.807, 2.05) is 0 Å². The lowest BCUT2D eigenvalue weighted by molar-refractivity contribution is -0.112. The maximum Gasteiger partial charge on any atom is 0.264 e. The fourth-order valence-corrected chi connectivity index (χ4v) is 3.68. The van der Waals surface area contributed by atoms with Gasteiger partial charge in [0.15, 0.2) is 6.29 Å². The second kappa shape index (κ2) is 14.7. The summed E-state index contributed by atoms with van der Waals surface area (Å²) in [5.74, 6) is -1.11. The van der Waals surface area contributed by atoms with Gasteiger partial charge in [0.25, 0.3) is 11.8 Å². The van der Waals surface area contributed by atoms with Crippen LogP contribution in [0.3, 0.4) is 0 Å². The Balaban J connectivity index is 1.30. The quantitative estimate of drug-likeness (QED) is 0.157. The van der Waals surface area contributed by atoms with E-state index >= 15 is 0 Å². The number of hydrogen-bond donors (Lipinski definition) is 1. The molecule has 0 bridgehead atoms. The Kier molecular flexibility index (Phi) is 11.0. The third kappa shape index (κ3) is 7.59. The largest absolute Gasteiger partial charge is 0.382 e. The van der Waals surface area contributed by atoms with Crippen LogP contribution in [0, 0.1) is 0 Å². The van der Waals surface area contributed by atoms with E-state index in [-0.39, 0.29) is 29.7 Å². The predicted octanol–water partition coefficient (Wildman–Crippen LogP) is 0.395. The van der Waals surface area contributed by atoms with Crippen LogP contribution >= 0.6 is 0 Å². The molecule has 0 radical (unpaired) electrons. The summed E-state index contributed by atoms with van der Waals surface area (Å²) in [5, 5.41) is 10.5. The van der Waals surface area contributed by atoms with Crippen molar-refractivity contribution in [2.45, 2.75) is 25.4 Å². The molecule has 2 aromatic rings. The molecule has 13 nitrogen and oxygen atoms in total. The molecule has 1 aromatic heterocycles. The first-order chi connectivity index (χ1) is 18.1. The molecule has 1 atom stereocenters. The summed E-state index contributed by atoms with van der Waals surface area (Å²) in [7, 11) is 0. The Morgan fingerprint density at radius 2 is 1.68 bits per heavy atom. The van der Waals surface area contributed by atoms with Crippen LogP contribution in [0.15, 0.2) is 24.4 Å². The first-order valence-corrected chi connectivity index (χ1v) is 11.8. The molecule has 0 fully saturated rings. The SMILES string of the molecule is O=CCCC(C=O)N1C(=O)c2cccc(NCCOCCOCCOCCn3cc(C=O)nn3)c2C1=O. The molecule has 198 valence electrons. The number of benzene rings is 1. The van der Waals surface area contributed by atoms with Crippen LogP contribution in [0.1, 0.15) is 44.0 Å². The molecule has 0 spiro atoms. The summed E-state index contributed by atoms with van der Waals surface area (Å²) in [6, 6.07) is 3.90. The van der Waals surface area contributed by atoms with Crippen molar-refractivity contribution < 1.29 is 38.2 Å². The van der Waals surface area contributed by atoms with Gasteiger partial charge < -0.3 is 29.1 Å². The van der Waals surface area contributed by atoms with Crippen molar-refractivity contribution in [2.24, 2.45) is 0 Å². The average Bonchev–Trinajstić information content (AvgIpc) is 3.48. The van der Waals surface area contributed by atoms with E-state index in [2.05, 4.69) is 15.6 Å². The Morgan fingerprint density at radius 3 is 2.35 bits per heavy atom. The fourth-order valence-electron chi connectivity index (χ4n) is 3.68. The topological polar surface area (TPSA) is 159 Å². The van der Waals surface area contributed by atoms with Gasteiger partial charge in [-0.1, -0.05) is 11.3 Å². The molecule has 0 saturated carbocycles. The zero-order chi connectivity index (χ0) is 26.5. The molecule has 3 rings (SSSR count). The van der Waals surface area contributed by atoms with E-state index in [1.165, 1.54) is 16.9 Å². The lowest BCUT2D eigenvalue weighted by Gasteiger charge is -2.20. The fraction of sp³-hybridized carbons (Fsp3) is 0.458. The highest BCUT2D eigenvalue weighted by Gasteiger charge is 2.41. The van der Waals surface area contributed by atoms with Gasteiger partial charge in [-0.15, -0.1) is 5.10 Å². The molecule has 1 unspecified atom stereocenters. The molecule has 1 N–H and O–H groups in total. The number of hydrogen-bond acceptors (Lipinski definition) is 11. The minimum atomic E-state index is -0.982. The van der Waals surface area contributed by atoms with E-state index in [9.17, 15) is 24.0 Å². The number of amides is 2. The molecule has 0 aliphatic carbocycles. The smallest absolute Gasteiger partial charge is 0.264 e. The second-order valence-electron chi connectivity index (χ2n) is 7.94. The number of nitrogens with zero attached hydrogens (tertiary/aromatic N) is 4. The lowest BCUT2D eigenvalue weighted by atomic mass is 10.1. The molecule has 37 heavy (non-hydrogen) atoms. The van der Waals surface area contributed by atoms with Crippen LogP contribution in [0.5, 0.6) is 0 Å². The van der Waals surface area contributed by atoms with E-state index in [0.717, 1.165) is 4.90 Å². The Labute approximate surface area is 213 Å². The minimum Gasteiger partial charge on any atom is -0.382 e. The highest BCUT2D eigenvalue weighted by atomic mass is 16.5. The van der Waals surface area contributed by atoms with Gasteiger partial charge in [-0.2, -0.15) is 0 Å². The zero-order valence-corrected chi connectivity index (χ0v) is 20.2. The molecule has 2 heterocycles. The van der Waals surface area contributed by atoms with Gasteiger partial charge in [0.2, 0.25) is 0 Å². The Hall–Kier alpha value is -3.81. The van der Waals surface area contributed by atoms with Crippen LogP contribution < -0.4 is 5.32 Å². The minimum absolute atomic E-state index is 0.0735. The third-order valence-electron chi connectivity index (χ3n) is 5.46. The summed E-state index contributed by atoms with van der Waals surface area (Å²) < 4.78 is 17.9. The molecule has 13 heteroatoms. The Bertz CT molecular complexity index is 1090. The number of carbonyl (C=O) groups is 5. The van der Waals surface area contributed by atoms with Gasteiger partial charge >= 0.3 is 0 Å². The van der Waals surface area contributed by atoms with Gasteiger partial charge in [-0.3, -0.25) is 19.3 Å². The number of ether oxygens (including phenoxy) is 3. The standard InChI is InChI=1S/C24H29N5O8/c30-8-2-3-19(17-32)29-23(33)20-4-1-5-21(22(20)24(29)34)25-6-9-35-11-13-37-14-12-36-10-7-28-15-18(16-31)26-27-28/h1,4-5,8,15-17,19,25H,2-3,6-7,9-14H2. The van der Waals surface area contributed by atoms with Gasteiger partial charge in [0.1, 0.15) is 18.3 Å². The van der Waals surface area contributed by atoms with E-state index < -0.39 is 17.9 Å². The number of carbonyl (C=O) groups excluding carboxylic acids is 5. The van der Waals surface area contributed by atoms with Crippen molar-refractivity contribution >= 4 is 36.4 Å². The van der Waals surface area contributed by atoms with Gasteiger partial charge in [-0.25, -0.2) is 4.68 Å². The van der Waals surface area contributed by atoms with Crippen molar-refractivity contribution in [3.05, 3.63) is 41.2 Å². The van der Waals surface area contributed by atoms with E-state index in [1.54, 1.807) is 12.1 Å². The monoisotopic (exact) mass is 515 g/mol. The number of aromatic nitrogens is 3. The summed E-state index contributed by atoms with van der Waals surface area (Å²) in [5.41, 5.74) is 1.18. The van der Waals surface area contributed by atoms with Crippen molar-refractivity contribution in [3.8, 4) is 0 Å². The highest BCUT2D eigenvalue weighted by molar-refractivity contribution is 6.24. The number of imide groups is 1. The molecule has 1 aliphatic rings. The number of fused-ring (bicyclic) bond motifs is 1. The third-order valence-corrected chi connectivity index (χ3v) is 5.46. The van der Waals surface area contributed by atoms with Crippen molar-refractivity contribution in [1.29, 1.82) is 0 Å². The van der Waals surface area contributed by atoms with Crippen molar-refractivity contribution in [1.82, 2.24) is 19.9 Å². The average molecular weight is 516 g/mol. The van der Waals surface area contributed by atoms with E-state index in [4.69, 9.17) is 14.2 Å². The molecule has 1 aliphatic heterocycles.